The van der Waals surface area contributed by atoms with E-state index in [1.54, 1.807) is 13.2 Å². The van der Waals surface area contributed by atoms with Crippen LogP contribution in [0, 0.1) is 5.82 Å². The van der Waals surface area contributed by atoms with Crippen molar-refractivity contribution in [3.05, 3.63) is 29.7 Å². The van der Waals surface area contributed by atoms with Crippen molar-refractivity contribution >= 4 is 16.6 Å². The van der Waals surface area contributed by atoms with Gasteiger partial charge in [0.25, 0.3) is 0 Å². The van der Waals surface area contributed by atoms with E-state index in [9.17, 15) is 4.39 Å². The fourth-order valence-electron chi connectivity index (χ4n) is 1.72. The Balaban J connectivity index is 2.72. The van der Waals surface area contributed by atoms with Crippen LogP contribution in [0.15, 0.2) is 18.2 Å². The van der Waals surface area contributed by atoms with E-state index in [-0.39, 0.29) is 0 Å². The summed E-state index contributed by atoms with van der Waals surface area (Å²) in [7, 11) is 3.04. The molecule has 0 unspecified atom stereocenters. The van der Waals surface area contributed by atoms with Crippen molar-refractivity contribution in [2.75, 3.05) is 20.0 Å². The molecule has 0 bridgehead atoms. The molecule has 2 rings (SSSR count). The third-order valence-electron chi connectivity index (χ3n) is 2.44. The van der Waals surface area contributed by atoms with Gasteiger partial charge in [0.1, 0.15) is 17.1 Å². The van der Waals surface area contributed by atoms with Crippen LogP contribution >= 0.6 is 0 Å². The maximum atomic E-state index is 13.3. The highest BCUT2D eigenvalue weighted by molar-refractivity contribution is 5.94. The van der Waals surface area contributed by atoms with Gasteiger partial charge in [-0.25, -0.2) is 9.37 Å². The lowest BCUT2D eigenvalue weighted by Crippen LogP contribution is -1.99. The lowest BCUT2D eigenvalue weighted by Gasteiger charge is -2.09. The van der Waals surface area contributed by atoms with E-state index >= 15 is 0 Å². The Hall–Kier alpha value is -1.88. The fraction of sp³-hybridized carbons (Fsp3) is 0.250. The zero-order valence-electron chi connectivity index (χ0n) is 9.66. The van der Waals surface area contributed by atoms with E-state index in [0.29, 0.717) is 34.6 Å². The number of aromatic nitrogens is 1. The number of halogens is 1. The van der Waals surface area contributed by atoms with Crippen LogP contribution in [0.2, 0.25) is 0 Å². The Morgan fingerprint density at radius 3 is 2.71 bits per heavy atom. The molecule has 0 aliphatic carbocycles. The minimum absolute atomic E-state index is 0.348. The Morgan fingerprint density at radius 1 is 1.29 bits per heavy atom. The zero-order chi connectivity index (χ0) is 12.4. The van der Waals surface area contributed by atoms with Gasteiger partial charge in [-0.1, -0.05) is 0 Å². The molecule has 2 N–H and O–H groups in total. The molecular formula is C12H13FN2O2. The zero-order valence-corrected chi connectivity index (χ0v) is 9.66. The lowest BCUT2D eigenvalue weighted by molar-refractivity contribution is 0.182. The molecule has 2 aromatic rings. The highest BCUT2D eigenvalue weighted by Gasteiger charge is 2.10. The fourth-order valence-corrected chi connectivity index (χ4v) is 1.72. The van der Waals surface area contributed by atoms with Crippen LogP contribution in [0.1, 0.15) is 5.69 Å². The van der Waals surface area contributed by atoms with Crippen LogP contribution in [-0.4, -0.2) is 19.2 Å². The summed E-state index contributed by atoms with van der Waals surface area (Å²) in [4.78, 5) is 4.34. The molecule has 1 heterocycles. The van der Waals surface area contributed by atoms with Crippen LogP contribution < -0.4 is 10.5 Å². The largest absolute Gasteiger partial charge is 0.494 e. The van der Waals surface area contributed by atoms with Crippen molar-refractivity contribution in [1.82, 2.24) is 4.98 Å². The van der Waals surface area contributed by atoms with Gasteiger partial charge in [0.2, 0.25) is 0 Å². The van der Waals surface area contributed by atoms with E-state index in [4.69, 9.17) is 15.2 Å². The number of nitrogen functional groups attached to an aromatic ring is 1. The molecule has 0 spiro atoms. The number of rotatable bonds is 3. The molecule has 0 saturated carbocycles. The molecule has 5 heteroatoms. The van der Waals surface area contributed by atoms with Gasteiger partial charge in [-0.15, -0.1) is 0 Å². The lowest BCUT2D eigenvalue weighted by atomic mass is 10.1. The van der Waals surface area contributed by atoms with E-state index in [2.05, 4.69) is 4.98 Å². The number of nitrogens with zero attached hydrogens (tertiary/aromatic N) is 1. The first-order chi connectivity index (χ1) is 8.15. The normalized spacial score (nSPS) is 10.8. The van der Waals surface area contributed by atoms with Crippen LogP contribution in [0.3, 0.4) is 0 Å². The number of hydrogen-bond donors (Lipinski definition) is 1. The highest BCUT2D eigenvalue weighted by atomic mass is 19.1. The maximum absolute atomic E-state index is 13.3. The monoisotopic (exact) mass is 236 g/mol. The van der Waals surface area contributed by atoms with Crippen molar-refractivity contribution in [2.24, 2.45) is 0 Å². The van der Waals surface area contributed by atoms with Crippen LogP contribution in [-0.2, 0) is 11.3 Å². The first-order valence-corrected chi connectivity index (χ1v) is 5.07. The molecule has 1 aromatic carbocycles. The summed E-state index contributed by atoms with van der Waals surface area (Å²) in [5, 5.41) is 0.543. The summed E-state index contributed by atoms with van der Waals surface area (Å²) in [6.07, 6.45) is 0. The number of ether oxygens (including phenoxy) is 2. The van der Waals surface area contributed by atoms with Gasteiger partial charge in [-0.05, 0) is 12.1 Å². The predicted octanol–water partition coefficient (Wildman–Crippen LogP) is 2.11. The smallest absolute Gasteiger partial charge is 0.148 e. The molecule has 0 aliphatic heterocycles. The number of nitrogens with two attached hydrogens (primary N) is 1. The Labute approximate surface area is 98.2 Å². The number of anilines is 1. The molecule has 0 saturated heterocycles. The van der Waals surface area contributed by atoms with Crippen molar-refractivity contribution < 1.29 is 13.9 Å². The van der Waals surface area contributed by atoms with E-state index in [1.165, 1.54) is 19.2 Å². The first-order valence-electron chi connectivity index (χ1n) is 5.07. The van der Waals surface area contributed by atoms with Crippen LogP contribution in [0.4, 0.5) is 10.1 Å². The Morgan fingerprint density at radius 2 is 2.06 bits per heavy atom. The van der Waals surface area contributed by atoms with Gasteiger partial charge in [0.05, 0.1) is 19.4 Å². The van der Waals surface area contributed by atoms with E-state index in [1.807, 2.05) is 0 Å². The number of methoxy groups -OCH3 is 2. The van der Waals surface area contributed by atoms with Gasteiger partial charge in [0, 0.05) is 24.2 Å². The van der Waals surface area contributed by atoms with Crippen molar-refractivity contribution in [1.29, 1.82) is 0 Å². The number of hydrogen-bond acceptors (Lipinski definition) is 4. The molecule has 17 heavy (non-hydrogen) atoms. The van der Waals surface area contributed by atoms with Crippen molar-refractivity contribution in [3.8, 4) is 5.75 Å². The average Bonchev–Trinajstić information content (AvgIpc) is 2.30. The summed E-state index contributed by atoms with van der Waals surface area (Å²) < 4.78 is 23.4. The summed E-state index contributed by atoms with van der Waals surface area (Å²) in [6, 6.07) is 4.30. The van der Waals surface area contributed by atoms with Crippen LogP contribution in [0.5, 0.6) is 5.75 Å². The Bertz CT molecular complexity index is 558. The molecule has 1 aromatic heterocycles. The standard InChI is InChI=1S/C12H13FN2O2/c1-16-6-8-5-10(14)9-3-7(13)4-11(17-2)12(9)15-8/h3-5H,6H2,1-2H3,(H2,14,15). The van der Waals surface area contributed by atoms with Gasteiger partial charge in [-0.2, -0.15) is 0 Å². The molecule has 90 valence electrons. The second-order valence-electron chi connectivity index (χ2n) is 3.64. The highest BCUT2D eigenvalue weighted by Crippen LogP contribution is 2.29. The quantitative estimate of drug-likeness (QED) is 0.886. The molecule has 0 atom stereocenters. The minimum Gasteiger partial charge on any atom is -0.494 e. The molecule has 0 amide bonds. The summed E-state index contributed by atoms with van der Waals surface area (Å²) in [5.41, 5.74) is 7.55. The third-order valence-corrected chi connectivity index (χ3v) is 2.44. The third kappa shape index (κ3) is 2.14. The Kier molecular flexibility index (Phi) is 3.10. The second-order valence-corrected chi connectivity index (χ2v) is 3.64. The number of benzene rings is 1. The van der Waals surface area contributed by atoms with E-state index < -0.39 is 5.82 Å². The first kappa shape index (κ1) is 11.6. The summed E-state index contributed by atoms with van der Waals surface area (Å²) in [6.45, 7) is 0.348. The summed E-state index contributed by atoms with van der Waals surface area (Å²) in [5.74, 6) is -0.0352. The molecular weight excluding hydrogens is 223 g/mol. The summed E-state index contributed by atoms with van der Waals surface area (Å²) >= 11 is 0. The SMILES string of the molecule is COCc1cc(N)c2cc(F)cc(OC)c2n1. The molecule has 4 nitrogen and oxygen atoms in total. The van der Waals surface area contributed by atoms with Gasteiger partial charge >= 0.3 is 0 Å². The number of pyridine rings is 1. The molecule has 0 aliphatic rings. The van der Waals surface area contributed by atoms with Crippen LogP contribution in [0.25, 0.3) is 10.9 Å². The number of fused-ring (bicyclic) bond motifs is 1. The van der Waals surface area contributed by atoms with Gasteiger partial charge < -0.3 is 15.2 Å². The maximum Gasteiger partial charge on any atom is 0.148 e. The molecule has 0 fully saturated rings. The van der Waals surface area contributed by atoms with Gasteiger partial charge in [0.15, 0.2) is 0 Å². The van der Waals surface area contributed by atoms with Gasteiger partial charge in [-0.3, -0.25) is 0 Å². The topological polar surface area (TPSA) is 57.4 Å². The minimum atomic E-state index is -0.401. The second kappa shape index (κ2) is 4.55. The average molecular weight is 236 g/mol. The van der Waals surface area contributed by atoms with Crippen molar-refractivity contribution in [2.45, 2.75) is 6.61 Å². The predicted molar refractivity (Wildman–Crippen MR) is 63.4 cm³/mol. The molecule has 0 radical (unpaired) electrons. The van der Waals surface area contributed by atoms with E-state index in [0.717, 1.165) is 0 Å². The van der Waals surface area contributed by atoms with Crippen molar-refractivity contribution in [3.63, 3.8) is 0 Å².